The van der Waals surface area contributed by atoms with Gasteiger partial charge in [-0.1, -0.05) is 72.0 Å². The normalized spacial score (nSPS) is 15.3. The van der Waals surface area contributed by atoms with Crippen molar-refractivity contribution in [3.8, 4) is 11.5 Å². The van der Waals surface area contributed by atoms with Crippen molar-refractivity contribution in [3.05, 3.63) is 36.5 Å². The average molecular weight is 349 g/mol. The van der Waals surface area contributed by atoms with Crippen molar-refractivity contribution >= 4 is 16.4 Å². The molecule has 0 radical (unpaired) electrons. The monoisotopic (exact) mass is 348 g/mol. The van der Waals surface area contributed by atoms with Crippen molar-refractivity contribution in [1.29, 1.82) is 0 Å². The van der Waals surface area contributed by atoms with Crippen LogP contribution in [0.3, 0.4) is 0 Å². The molecule has 0 aromatic heterocycles. The highest BCUT2D eigenvalue weighted by Crippen LogP contribution is 2.36. The van der Waals surface area contributed by atoms with Crippen LogP contribution in [-0.2, 0) is 4.43 Å². The molecule has 0 aliphatic heterocycles. The fraction of sp³-hybridized carbons (Fsp3) is 0.600. The van der Waals surface area contributed by atoms with Gasteiger partial charge in [0.1, 0.15) is 8.07 Å². The molecule has 0 aliphatic rings. The summed E-state index contributed by atoms with van der Waals surface area (Å²) >= 11 is 0. The molecule has 0 fully saturated rings. The second kappa shape index (κ2) is 8.87. The highest BCUT2D eigenvalue weighted by molar-refractivity contribution is 6.83. The molecule has 0 aromatic rings. The Bertz CT molecular complexity index is 502. The first-order chi connectivity index (χ1) is 10.3. The topological polar surface area (TPSA) is 9.23 Å². The molecule has 0 heterocycles. The van der Waals surface area contributed by atoms with E-state index in [0.717, 1.165) is 12.2 Å². The second-order valence-corrected chi connectivity index (χ2v) is 18.3. The van der Waals surface area contributed by atoms with Gasteiger partial charge >= 0.3 is 0 Å². The van der Waals surface area contributed by atoms with Crippen LogP contribution in [0.15, 0.2) is 36.5 Å². The van der Waals surface area contributed by atoms with E-state index in [1.54, 1.807) is 0 Å². The number of allylic oxidation sites excluding steroid dienone is 4. The summed E-state index contributed by atoms with van der Waals surface area (Å²) in [5.74, 6) is 3.53. The maximum Gasteiger partial charge on any atom is 0.192 e. The molecule has 0 saturated carbocycles. The minimum absolute atomic E-state index is 0.254. The first-order valence-electron chi connectivity index (χ1n) is 8.46. The quantitative estimate of drug-likeness (QED) is 0.316. The predicted molar refractivity (Wildman–Crippen MR) is 111 cm³/mol. The Morgan fingerprint density at radius 3 is 2.17 bits per heavy atom. The first kappa shape index (κ1) is 22.2. The molecule has 130 valence electrons. The van der Waals surface area contributed by atoms with E-state index in [4.69, 9.17) is 4.43 Å². The number of hydrogen-bond acceptors (Lipinski definition) is 1. The van der Waals surface area contributed by atoms with Gasteiger partial charge in [-0.2, -0.15) is 0 Å². The molecule has 23 heavy (non-hydrogen) atoms. The van der Waals surface area contributed by atoms with Crippen LogP contribution in [0.4, 0.5) is 0 Å². The lowest BCUT2D eigenvalue weighted by Crippen LogP contribution is -2.41. The molecule has 0 N–H and O–H groups in total. The predicted octanol–water partition coefficient (Wildman–Crippen LogP) is 6.19. The van der Waals surface area contributed by atoms with Gasteiger partial charge < -0.3 is 4.43 Å². The molecule has 0 unspecified atom stereocenters. The van der Waals surface area contributed by atoms with Crippen molar-refractivity contribution < 1.29 is 4.43 Å². The van der Waals surface area contributed by atoms with Crippen LogP contribution >= 0.6 is 0 Å². The van der Waals surface area contributed by atoms with Crippen molar-refractivity contribution in [2.24, 2.45) is 5.92 Å². The lowest BCUT2D eigenvalue weighted by molar-refractivity contribution is 0.259. The van der Waals surface area contributed by atoms with Gasteiger partial charge in [0.25, 0.3) is 0 Å². The molecular weight excluding hydrogens is 312 g/mol. The minimum Gasteiger partial charge on any atom is -0.416 e. The number of hydrogen-bond donors (Lipinski definition) is 0. The molecule has 0 aromatic carbocycles. The Morgan fingerprint density at radius 1 is 1.17 bits per heavy atom. The fourth-order valence-corrected chi connectivity index (χ4v) is 3.15. The summed E-state index contributed by atoms with van der Waals surface area (Å²) in [7, 11) is -2.97. The SMILES string of the molecule is C=CC(/C=C/C#C[Si](C)(C)C)=C\[C@@H](C)CO[Si](C)(C)C(C)(C)C. The van der Waals surface area contributed by atoms with E-state index in [2.05, 4.69) is 84.5 Å². The summed E-state index contributed by atoms with van der Waals surface area (Å²) < 4.78 is 6.28. The van der Waals surface area contributed by atoms with E-state index in [9.17, 15) is 0 Å². The maximum absolute atomic E-state index is 6.28. The summed E-state index contributed by atoms with van der Waals surface area (Å²) in [6.45, 7) is 25.0. The molecule has 1 nitrogen and oxygen atoms in total. The van der Waals surface area contributed by atoms with E-state index < -0.39 is 16.4 Å². The molecule has 1 atom stereocenters. The minimum atomic E-state index is -1.67. The van der Waals surface area contributed by atoms with Crippen LogP contribution in [0.1, 0.15) is 27.7 Å². The van der Waals surface area contributed by atoms with Crippen molar-refractivity contribution in [2.75, 3.05) is 6.61 Å². The van der Waals surface area contributed by atoms with Crippen molar-refractivity contribution in [1.82, 2.24) is 0 Å². The van der Waals surface area contributed by atoms with Crippen LogP contribution in [0.2, 0.25) is 37.8 Å². The van der Waals surface area contributed by atoms with Crippen LogP contribution in [0.25, 0.3) is 0 Å². The van der Waals surface area contributed by atoms with Gasteiger partial charge in [-0.05, 0) is 41.8 Å². The zero-order valence-electron chi connectivity index (χ0n) is 16.7. The second-order valence-electron chi connectivity index (χ2n) is 8.77. The third-order valence-electron chi connectivity index (χ3n) is 4.03. The van der Waals surface area contributed by atoms with E-state index in [1.165, 1.54) is 0 Å². The Morgan fingerprint density at radius 2 is 1.74 bits per heavy atom. The Labute approximate surface area is 147 Å². The van der Waals surface area contributed by atoms with Gasteiger partial charge in [0, 0.05) is 6.61 Å². The van der Waals surface area contributed by atoms with E-state index in [-0.39, 0.29) is 5.04 Å². The Kier molecular flexibility index (Phi) is 8.55. The van der Waals surface area contributed by atoms with Crippen molar-refractivity contribution in [2.45, 2.75) is 65.5 Å². The van der Waals surface area contributed by atoms with Gasteiger partial charge in [0.15, 0.2) is 8.32 Å². The van der Waals surface area contributed by atoms with Gasteiger partial charge in [0.05, 0.1) is 0 Å². The summed E-state index contributed by atoms with van der Waals surface area (Å²) in [6, 6.07) is 0. The highest BCUT2D eigenvalue weighted by Gasteiger charge is 2.37. The van der Waals surface area contributed by atoms with E-state index in [0.29, 0.717) is 5.92 Å². The zero-order chi connectivity index (χ0) is 18.3. The zero-order valence-corrected chi connectivity index (χ0v) is 18.7. The molecule has 0 spiro atoms. The van der Waals surface area contributed by atoms with Crippen LogP contribution < -0.4 is 0 Å². The van der Waals surface area contributed by atoms with Crippen LogP contribution in [0, 0.1) is 17.4 Å². The van der Waals surface area contributed by atoms with E-state index >= 15 is 0 Å². The summed E-state index contributed by atoms with van der Waals surface area (Å²) in [5.41, 5.74) is 4.45. The van der Waals surface area contributed by atoms with E-state index in [1.807, 2.05) is 18.2 Å². The van der Waals surface area contributed by atoms with Gasteiger partial charge in [-0.15, -0.1) is 5.54 Å². The standard InChI is InChI=1S/C20H36OSi2/c1-11-19(14-12-13-15-22(6,7)8)16-18(2)17-21-23(9,10)20(3,4)5/h11-12,14,16,18H,1,17H2,2-10H3/b14-12+,19-16+/t18-/m1/s1. The lowest BCUT2D eigenvalue weighted by atomic mass is 10.1. The number of rotatable bonds is 6. The van der Waals surface area contributed by atoms with Gasteiger partial charge in [-0.25, -0.2) is 0 Å². The fourth-order valence-electron chi connectivity index (χ4n) is 1.52. The highest BCUT2D eigenvalue weighted by atomic mass is 28.4. The maximum atomic E-state index is 6.28. The Hall–Kier alpha value is -0.826. The molecule has 0 amide bonds. The third-order valence-corrected chi connectivity index (χ3v) is 9.43. The summed E-state index contributed by atoms with van der Waals surface area (Å²) in [6.07, 6.45) is 8.08. The smallest absolute Gasteiger partial charge is 0.192 e. The summed E-state index contributed by atoms with van der Waals surface area (Å²) in [5, 5.41) is 0.254. The molecular formula is C20H36OSi2. The molecule has 0 aliphatic carbocycles. The van der Waals surface area contributed by atoms with Crippen LogP contribution in [0.5, 0.6) is 0 Å². The largest absolute Gasteiger partial charge is 0.416 e. The van der Waals surface area contributed by atoms with Gasteiger partial charge in [-0.3, -0.25) is 0 Å². The first-order valence-corrected chi connectivity index (χ1v) is 14.9. The summed E-state index contributed by atoms with van der Waals surface area (Å²) in [4.78, 5) is 0. The Balaban J connectivity index is 4.77. The molecule has 0 bridgehead atoms. The van der Waals surface area contributed by atoms with Gasteiger partial charge in [0.2, 0.25) is 0 Å². The lowest BCUT2D eigenvalue weighted by Gasteiger charge is -2.36. The van der Waals surface area contributed by atoms with Crippen molar-refractivity contribution in [3.63, 3.8) is 0 Å². The molecule has 0 rings (SSSR count). The van der Waals surface area contributed by atoms with Crippen LogP contribution in [-0.4, -0.2) is 23.0 Å². The molecule has 3 heteroatoms. The average Bonchev–Trinajstić information content (AvgIpc) is 2.37. The molecule has 0 saturated heterocycles. The third kappa shape index (κ3) is 9.81.